The molecule has 5 N–H and O–H groups in total. The van der Waals surface area contributed by atoms with Crippen LogP contribution in [0.4, 0.5) is 4.79 Å². The van der Waals surface area contributed by atoms with Gasteiger partial charge in [0.15, 0.2) is 0 Å². The zero-order chi connectivity index (χ0) is 19.8. The molecule has 0 heterocycles. The maximum atomic E-state index is 11.8. The third kappa shape index (κ3) is 4.22. The molecule has 1 amide bonds. The highest BCUT2D eigenvalue weighted by Crippen LogP contribution is 2.48. The fourth-order valence-electron chi connectivity index (χ4n) is 4.64. The molecule has 0 radical (unpaired) electrons. The van der Waals surface area contributed by atoms with Gasteiger partial charge in [-0.05, 0) is 75.1 Å². The fourth-order valence-corrected chi connectivity index (χ4v) is 4.64. The molecule has 6 nitrogen and oxygen atoms in total. The summed E-state index contributed by atoms with van der Waals surface area (Å²) < 4.78 is 5.27. The Hall–Kier alpha value is -1.79. The first-order valence-corrected chi connectivity index (χ1v) is 9.91. The molecule has 1 saturated carbocycles. The van der Waals surface area contributed by atoms with E-state index in [4.69, 9.17) is 10.5 Å². The van der Waals surface area contributed by atoms with Gasteiger partial charge in [0.05, 0.1) is 5.54 Å². The Balaban J connectivity index is 1.67. The summed E-state index contributed by atoms with van der Waals surface area (Å²) in [6.45, 7) is 8.94. The van der Waals surface area contributed by atoms with Crippen molar-refractivity contribution >= 4 is 6.09 Å². The highest BCUT2D eigenvalue weighted by Gasteiger charge is 2.50. The van der Waals surface area contributed by atoms with Crippen LogP contribution in [0.2, 0.25) is 0 Å². The summed E-state index contributed by atoms with van der Waals surface area (Å²) in [4.78, 5) is 11.8. The first-order valence-electron chi connectivity index (χ1n) is 9.91. The summed E-state index contributed by atoms with van der Waals surface area (Å²) in [5, 5.41) is 16.4. The number of aromatic hydroxyl groups is 1. The second-order valence-corrected chi connectivity index (χ2v) is 9.13. The molecule has 0 spiro atoms. The number of phenols is 1. The van der Waals surface area contributed by atoms with Gasteiger partial charge in [-0.15, -0.1) is 0 Å². The topological polar surface area (TPSA) is 96.6 Å². The van der Waals surface area contributed by atoms with Gasteiger partial charge in [0, 0.05) is 19.1 Å². The van der Waals surface area contributed by atoms with Gasteiger partial charge in [0.1, 0.15) is 11.4 Å². The van der Waals surface area contributed by atoms with Gasteiger partial charge in [-0.1, -0.05) is 13.0 Å². The highest BCUT2D eigenvalue weighted by atomic mass is 16.6. The molecule has 0 aromatic heterocycles. The van der Waals surface area contributed by atoms with Crippen LogP contribution in [0.1, 0.15) is 51.7 Å². The number of fused-ring (bicyclic) bond motifs is 4. The van der Waals surface area contributed by atoms with Crippen LogP contribution in [0.15, 0.2) is 18.2 Å². The van der Waals surface area contributed by atoms with E-state index in [0.717, 1.165) is 24.8 Å². The van der Waals surface area contributed by atoms with E-state index < -0.39 is 17.2 Å². The average Bonchev–Trinajstić information content (AvgIpc) is 2.56. The van der Waals surface area contributed by atoms with E-state index in [9.17, 15) is 9.90 Å². The molecule has 2 aliphatic rings. The number of rotatable bonds is 4. The van der Waals surface area contributed by atoms with Crippen LogP contribution in [0, 0.1) is 11.8 Å². The summed E-state index contributed by atoms with van der Waals surface area (Å²) in [7, 11) is 0. The number of hydrogen-bond donors (Lipinski definition) is 4. The standard InChI is InChI=1S/C21H33N3O3/c1-13-7-8-21(22)17-12-15(25)6-5-14(17)11-16(13)18(21)23-9-10-24-19(26)27-20(2,3)4/h5-6,12-13,16,18,23,25H,7-11,22H2,1-4H3,(H,24,26)/t13?,16-,18+,21-/m0/s1. The van der Waals surface area contributed by atoms with Crippen molar-refractivity contribution in [3.8, 4) is 5.75 Å². The Kier molecular flexibility index (Phi) is 5.41. The lowest BCUT2D eigenvalue weighted by atomic mass is 9.58. The monoisotopic (exact) mass is 375 g/mol. The van der Waals surface area contributed by atoms with E-state index in [1.165, 1.54) is 5.56 Å². The third-order valence-electron chi connectivity index (χ3n) is 5.94. The molecule has 2 bridgehead atoms. The molecule has 0 aliphatic heterocycles. The second kappa shape index (κ2) is 7.32. The molecule has 3 rings (SSSR count). The van der Waals surface area contributed by atoms with Crippen LogP contribution >= 0.6 is 0 Å². The van der Waals surface area contributed by atoms with Crippen LogP contribution in [0.3, 0.4) is 0 Å². The molecular formula is C21H33N3O3. The predicted octanol–water partition coefficient (Wildman–Crippen LogP) is 2.63. The number of nitrogens with one attached hydrogen (secondary N) is 2. The molecule has 1 unspecified atom stereocenters. The predicted molar refractivity (Wildman–Crippen MR) is 106 cm³/mol. The Morgan fingerprint density at radius 3 is 2.81 bits per heavy atom. The zero-order valence-electron chi connectivity index (χ0n) is 16.8. The lowest BCUT2D eigenvalue weighted by Gasteiger charge is -2.53. The molecule has 1 fully saturated rings. The lowest BCUT2D eigenvalue weighted by Crippen LogP contribution is -2.65. The van der Waals surface area contributed by atoms with Gasteiger partial charge < -0.3 is 26.2 Å². The number of hydrogen-bond acceptors (Lipinski definition) is 5. The van der Waals surface area contributed by atoms with Crippen LogP contribution in [-0.4, -0.2) is 35.9 Å². The van der Waals surface area contributed by atoms with Gasteiger partial charge in [-0.2, -0.15) is 0 Å². The number of carbonyl (C=O) groups excluding carboxylic acids is 1. The molecule has 1 aromatic carbocycles. The summed E-state index contributed by atoms with van der Waals surface area (Å²) >= 11 is 0. The summed E-state index contributed by atoms with van der Waals surface area (Å²) in [6.07, 6.45) is 2.54. The minimum atomic E-state index is -0.500. The first kappa shape index (κ1) is 20.0. The molecule has 0 saturated heterocycles. The molecule has 6 heteroatoms. The summed E-state index contributed by atoms with van der Waals surface area (Å²) in [5.41, 5.74) is 8.24. The average molecular weight is 376 g/mol. The minimum absolute atomic E-state index is 0.121. The maximum Gasteiger partial charge on any atom is 0.407 e. The van der Waals surface area contributed by atoms with E-state index in [0.29, 0.717) is 24.9 Å². The number of ether oxygens (including phenoxy) is 1. The number of alkyl carbamates (subject to hydrolysis) is 1. The van der Waals surface area contributed by atoms with Crippen LogP contribution in [0.25, 0.3) is 0 Å². The van der Waals surface area contributed by atoms with Crippen molar-refractivity contribution in [2.24, 2.45) is 17.6 Å². The third-order valence-corrected chi connectivity index (χ3v) is 5.94. The van der Waals surface area contributed by atoms with Crippen molar-refractivity contribution in [2.75, 3.05) is 13.1 Å². The fraction of sp³-hybridized carbons (Fsp3) is 0.667. The molecule has 150 valence electrons. The van der Waals surface area contributed by atoms with Crippen molar-refractivity contribution in [3.63, 3.8) is 0 Å². The number of amides is 1. The Bertz CT molecular complexity index is 700. The van der Waals surface area contributed by atoms with E-state index in [1.54, 1.807) is 6.07 Å². The number of benzene rings is 1. The van der Waals surface area contributed by atoms with Crippen LogP contribution < -0.4 is 16.4 Å². The Labute approximate surface area is 161 Å². The largest absolute Gasteiger partial charge is 0.508 e. The van der Waals surface area contributed by atoms with Gasteiger partial charge in [0.25, 0.3) is 0 Å². The van der Waals surface area contributed by atoms with E-state index in [2.05, 4.69) is 17.6 Å². The number of carbonyl (C=O) groups is 1. The number of nitrogens with two attached hydrogens (primary N) is 1. The van der Waals surface area contributed by atoms with Gasteiger partial charge >= 0.3 is 6.09 Å². The van der Waals surface area contributed by atoms with E-state index >= 15 is 0 Å². The van der Waals surface area contributed by atoms with E-state index in [1.807, 2.05) is 32.9 Å². The zero-order valence-corrected chi connectivity index (χ0v) is 16.8. The number of phenolic OH excluding ortho intramolecular Hbond substituents is 1. The Morgan fingerprint density at radius 2 is 2.11 bits per heavy atom. The molecule has 4 atom stereocenters. The molecule has 2 aliphatic carbocycles. The van der Waals surface area contributed by atoms with Crippen LogP contribution in [-0.2, 0) is 16.7 Å². The van der Waals surface area contributed by atoms with Crippen molar-refractivity contribution in [2.45, 2.75) is 64.1 Å². The van der Waals surface area contributed by atoms with Crippen LogP contribution in [0.5, 0.6) is 5.75 Å². The quantitative estimate of drug-likeness (QED) is 0.607. The molecular weight excluding hydrogens is 342 g/mol. The molecule has 1 aromatic rings. The SMILES string of the molecule is CC1CC[C@]2(N)c3cc(O)ccc3C[C@@H]1[C@H]2NCCNC(=O)OC(C)(C)C. The maximum absolute atomic E-state index is 11.8. The van der Waals surface area contributed by atoms with E-state index in [-0.39, 0.29) is 11.8 Å². The smallest absolute Gasteiger partial charge is 0.407 e. The van der Waals surface area contributed by atoms with Crippen molar-refractivity contribution < 1.29 is 14.6 Å². The second-order valence-electron chi connectivity index (χ2n) is 9.13. The molecule has 27 heavy (non-hydrogen) atoms. The van der Waals surface area contributed by atoms with Gasteiger partial charge in [-0.25, -0.2) is 4.79 Å². The van der Waals surface area contributed by atoms with Crippen molar-refractivity contribution in [1.82, 2.24) is 10.6 Å². The normalized spacial score (nSPS) is 29.7. The van der Waals surface area contributed by atoms with Crippen molar-refractivity contribution in [3.05, 3.63) is 29.3 Å². The lowest BCUT2D eigenvalue weighted by molar-refractivity contribution is 0.0521. The first-order chi connectivity index (χ1) is 12.6. The van der Waals surface area contributed by atoms with Gasteiger partial charge in [0.2, 0.25) is 0 Å². The summed E-state index contributed by atoms with van der Waals surface area (Å²) in [5.74, 6) is 1.29. The summed E-state index contributed by atoms with van der Waals surface area (Å²) in [6, 6.07) is 5.71. The van der Waals surface area contributed by atoms with Gasteiger partial charge in [-0.3, -0.25) is 0 Å². The highest BCUT2D eigenvalue weighted by molar-refractivity contribution is 5.67. The van der Waals surface area contributed by atoms with Crippen molar-refractivity contribution in [1.29, 1.82) is 0 Å². The minimum Gasteiger partial charge on any atom is -0.508 e. The Morgan fingerprint density at radius 1 is 1.37 bits per heavy atom.